The van der Waals surface area contributed by atoms with Crippen LogP contribution in [0, 0.1) is 0 Å². The van der Waals surface area contributed by atoms with Crippen molar-refractivity contribution in [1.29, 1.82) is 0 Å². The maximum Gasteiger partial charge on any atom is 0.0547 e. The van der Waals surface area contributed by atoms with Gasteiger partial charge in [0.2, 0.25) is 0 Å². The molecule has 18 aromatic carbocycles. The van der Waals surface area contributed by atoms with Gasteiger partial charge in [0.05, 0.1) is 44.1 Å². The lowest BCUT2D eigenvalue weighted by Gasteiger charge is -2.14. The van der Waals surface area contributed by atoms with Crippen molar-refractivity contribution >= 4 is 87.2 Å². The van der Waals surface area contributed by atoms with Gasteiger partial charge in [-0.05, 0) is 216 Å². The van der Waals surface area contributed by atoms with Crippen LogP contribution in [0.15, 0.2) is 437 Å². The van der Waals surface area contributed by atoms with Gasteiger partial charge < -0.3 is 18.3 Å². The number of hydrogen-bond acceptors (Lipinski definition) is 0. The molecule has 524 valence electrons. The number of rotatable bonds is 12. The van der Waals surface area contributed by atoms with Gasteiger partial charge in [-0.1, -0.05) is 309 Å². The predicted octanol–water partition coefficient (Wildman–Crippen LogP) is 29.1. The number of aromatic nitrogens is 4. The number of nitrogens with zero attached hydrogens (tertiary/aromatic N) is 4. The number of fused-ring (bicyclic) bond motifs is 12. The van der Waals surface area contributed by atoms with Gasteiger partial charge in [-0.2, -0.15) is 0 Å². The van der Waals surface area contributed by atoms with E-state index in [2.05, 4.69) is 455 Å². The summed E-state index contributed by atoms with van der Waals surface area (Å²) in [6.45, 7) is 0. The van der Waals surface area contributed by atoms with E-state index in [1.54, 1.807) is 0 Å². The van der Waals surface area contributed by atoms with E-state index in [1.807, 2.05) is 0 Å². The molecular formula is C108H72N4. The molecule has 0 bridgehead atoms. The third-order valence-corrected chi connectivity index (χ3v) is 22.6. The molecule has 0 saturated carbocycles. The molecule has 0 fully saturated rings. The largest absolute Gasteiger partial charge is 0.309 e. The summed E-state index contributed by atoms with van der Waals surface area (Å²) in [5.74, 6) is 0. The van der Waals surface area contributed by atoms with Crippen molar-refractivity contribution in [1.82, 2.24) is 18.3 Å². The average molecular weight is 1430 g/mol. The molecule has 4 nitrogen and oxygen atoms in total. The Kier molecular flexibility index (Phi) is 16.2. The van der Waals surface area contributed by atoms with Gasteiger partial charge >= 0.3 is 0 Å². The fourth-order valence-corrected chi connectivity index (χ4v) is 17.2. The summed E-state index contributed by atoms with van der Waals surface area (Å²) in [5.41, 5.74) is 33.5. The fraction of sp³-hybridized carbons (Fsp3) is 0. The fourth-order valence-electron chi connectivity index (χ4n) is 17.2. The quantitative estimate of drug-likeness (QED) is 0.116. The van der Waals surface area contributed by atoms with Crippen LogP contribution in [0.5, 0.6) is 0 Å². The van der Waals surface area contributed by atoms with Gasteiger partial charge in [0.1, 0.15) is 0 Å². The predicted molar refractivity (Wildman–Crippen MR) is 474 cm³/mol. The van der Waals surface area contributed by atoms with Crippen molar-refractivity contribution < 1.29 is 0 Å². The first-order valence-corrected chi connectivity index (χ1v) is 38.5. The maximum atomic E-state index is 2.44. The van der Waals surface area contributed by atoms with Crippen molar-refractivity contribution in [3.63, 3.8) is 0 Å². The van der Waals surface area contributed by atoms with Crippen LogP contribution in [-0.2, 0) is 0 Å². The monoisotopic (exact) mass is 1420 g/mol. The summed E-state index contributed by atoms with van der Waals surface area (Å²) in [5, 5.41) is 9.96. The zero-order chi connectivity index (χ0) is 74.0. The highest BCUT2D eigenvalue weighted by atomic mass is 15.0. The molecule has 0 radical (unpaired) electrons. The van der Waals surface area contributed by atoms with Crippen LogP contribution in [0.1, 0.15) is 0 Å². The third-order valence-electron chi connectivity index (χ3n) is 22.6. The van der Waals surface area contributed by atoms with E-state index in [0.717, 1.165) is 22.7 Å². The Bertz CT molecular complexity index is 7240. The van der Waals surface area contributed by atoms with Gasteiger partial charge in [-0.15, -0.1) is 0 Å². The van der Waals surface area contributed by atoms with Crippen molar-refractivity contribution in [2.45, 2.75) is 0 Å². The number of hydrogen-bond donors (Lipinski definition) is 0. The first-order valence-electron chi connectivity index (χ1n) is 38.5. The first kappa shape index (κ1) is 65.5. The molecule has 0 unspecified atom stereocenters. The minimum atomic E-state index is 1.15. The highest BCUT2D eigenvalue weighted by Crippen LogP contribution is 2.44. The molecule has 0 aliphatic rings. The van der Waals surface area contributed by atoms with Crippen LogP contribution in [-0.4, -0.2) is 18.3 Å². The molecule has 0 N–H and O–H groups in total. The van der Waals surface area contributed by atoms with E-state index in [1.165, 1.54) is 176 Å². The first-order chi connectivity index (χ1) is 55.5. The zero-order valence-corrected chi connectivity index (χ0v) is 61.4. The molecule has 112 heavy (non-hydrogen) atoms. The zero-order valence-electron chi connectivity index (χ0n) is 61.4. The van der Waals surface area contributed by atoms with Gasteiger partial charge in [0.15, 0.2) is 0 Å². The van der Waals surface area contributed by atoms with E-state index >= 15 is 0 Å². The average Bonchev–Trinajstić information content (AvgIpc) is 1.59. The lowest BCUT2D eigenvalue weighted by molar-refractivity contribution is 1.18. The van der Waals surface area contributed by atoms with E-state index in [4.69, 9.17) is 0 Å². The lowest BCUT2D eigenvalue weighted by atomic mass is 9.98. The van der Waals surface area contributed by atoms with Crippen LogP contribution < -0.4 is 0 Å². The van der Waals surface area contributed by atoms with E-state index in [0.29, 0.717) is 0 Å². The second-order valence-corrected chi connectivity index (χ2v) is 29.2. The Morgan fingerprint density at radius 2 is 0.330 bits per heavy atom. The highest BCUT2D eigenvalue weighted by molar-refractivity contribution is 6.15. The molecule has 22 aromatic rings. The van der Waals surface area contributed by atoms with Crippen LogP contribution in [0.2, 0.25) is 0 Å². The van der Waals surface area contributed by atoms with E-state index in [9.17, 15) is 0 Å². The molecule has 0 aliphatic carbocycles. The minimum absolute atomic E-state index is 1.15. The topological polar surface area (TPSA) is 19.7 Å². The summed E-state index contributed by atoms with van der Waals surface area (Å²) in [6.07, 6.45) is 0. The molecule has 0 aliphatic heterocycles. The highest BCUT2D eigenvalue weighted by Gasteiger charge is 2.21. The molecule has 22 rings (SSSR count). The van der Waals surface area contributed by atoms with Crippen molar-refractivity contribution in [2.75, 3.05) is 0 Å². The minimum Gasteiger partial charge on any atom is -0.309 e. The van der Waals surface area contributed by atoms with Crippen molar-refractivity contribution in [2.24, 2.45) is 0 Å². The standard InChI is InChI=1S/2C54H36N2/c1-4-14-37(15-5-1)40-24-28-45(29-25-40)55-51-22-12-10-20-47(51)49-35-41(26-30-53(49)55)42-27-31-54-50(36-42)48-21-11-13-23-52(48)56(54)46-33-43(38-16-6-2-7-17-38)32-44(34-46)39-18-8-3-9-19-39;1-4-13-37(14-5-1)40-23-28-45(29-24-40)55-52-31-26-43(35-50(52)48-30-25-44(36-54(48)55)39-17-8-3-9-18-39)42-27-32-53-49(34-42)47-21-10-11-22-51(47)56(53)46-20-12-19-41(33-46)38-15-6-2-7-16-38/h2*1-36H. The van der Waals surface area contributed by atoms with Gasteiger partial charge in [-0.25, -0.2) is 0 Å². The molecule has 4 heterocycles. The van der Waals surface area contributed by atoms with Crippen LogP contribution in [0.4, 0.5) is 0 Å². The maximum absolute atomic E-state index is 2.44. The molecule has 4 heteroatoms. The lowest BCUT2D eigenvalue weighted by Crippen LogP contribution is -1.96. The second-order valence-electron chi connectivity index (χ2n) is 29.2. The third kappa shape index (κ3) is 11.6. The Balaban J connectivity index is 0.000000141. The van der Waals surface area contributed by atoms with Crippen molar-refractivity contribution in [3.8, 4) is 112 Å². The van der Waals surface area contributed by atoms with Crippen LogP contribution >= 0.6 is 0 Å². The van der Waals surface area contributed by atoms with Crippen LogP contribution in [0.3, 0.4) is 0 Å². The van der Waals surface area contributed by atoms with Crippen molar-refractivity contribution in [3.05, 3.63) is 437 Å². The summed E-state index contributed by atoms with van der Waals surface area (Å²) in [7, 11) is 0. The SMILES string of the molecule is c1ccc(-c2ccc(-n3c4ccc(-c5ccc6c(c5)c5ccccc5n6-c5cccc(-c6ccccc6)c5)cc4c4ccc(-c5ccccc5)cc43)cc2)cc1.c1ccc(-c2ccc(-n3c4ccccc4c4cc(-c5ccc6c(c5)c5ccccc5n6-c5cc(-c6ccccc6)cc(-c6ccccc6)c5)ccc43)cc2)cc1. The summed E-state index contributed by atoms with van der Waals surface area (Å²) >= 11 is 0. The Labute approximate surface area is 649 Å². The molecule has 0 spiro atoms. The van der Waals surface area contributed by atoms with E-state index in [-0.39, 0.29) is 0 Å². The number of benzene rings is 18. The second kappa shape index (κ2) is 27.7. The molecule has 0 saturated heterocycles. The summed E-state index contributed by atoms with van der Waals surface area (Å²) in [6, 6.07) is 159. The smallest absolute Gasteiger partial charge is 0.0547 e. The normalized spacial score (nSPS) is 11.6. The molecule has 4 aromatic heterocycles. The van der Waals surface area contributed by atoms with Crippen LogP contribution in [0.25, 0.3) is 199 Å². The van der Waals surface area contributed by atoms with Gasteiger partial charge in [0, 0.05) is 65.8 Å². The van der Waals surface area contributed by atoms with Gasteiger partial charge in [-0.3, -0.25) is 0 Å². The summed E-state index contributed by atoms with van der Waals surface area (Å²) in [4.78, 5) is 0. The molecule has 0 amide bonds. The van der Waals surface area contributed by atoms with E-state index < -0.39 is 0 Å². The Morgan fingerprint density at radius 1 is 0.0982 bits per heavy atom. The summed E-state index contributed by atoms with van der Waals surface area (Å²) < 4.78 is 9.67. The Hall–Kier alpha value is -14.8. The molecular weight excluding hydrogens is 1350 g/mol. The molecule has 0 atom stereocenters. The number of para-hydroxylation sites is 3. The van der Waals surface area contributed by atoms with Gasteiger partial charge in [0.25, 0.3) is 0 Å². The Morgan fingerprint density at radius 3 is 0.705 bits per heavy atom.